The van der Waals surface area contributed by atoms with Crippen molar-refractivity contribution in [3.05, 3.63) is 92.0 Å². The van der Waals surface area contributed by atoms with E-state index < -0.39 is 0 Å². The van der Waals surface area contributed by atoms with Crippen molar-refractivity contribution in [1.82, 2.24) is 19.5 Å². The molecule has 4 heterocycles. The monoisotopic (exact) mass is 518 g/mol. The Balaban J connectivity index is 1.32. The fraction of sp³-hybridized carbons (Fsp3) is 0.192. The molecule has 0 atom stereocenters. The number of hydrogen-bond acceptors (Lipinski definition) is 8. The van der Waals surface area contributed by atoms with Gasteiger partial charge in [0.1, 0.15) is 5.78 Å². The number of aryl methyl sites for hydroxylation is 2. The molecule has 0 aliphatic rings. The number of nitrogens with zero attached hydrogens (tertiary/aromatic N) is 4. The van der Waals surface area contributed by atoms with Crippen molar-refractivity contribution in [2.75, 3.05) is 5.75 Å². The van der Waals surface area contributed by atoms with E-state index in [0.717, 1.165) is 16.0 Å². The first-order chi connectivity index (χ1) is 17.1. The molecule has 0 saturated carbocycles. The van der Waals surface area contributed by atoms with Crippen molar-refractivity contribution in [3.8, 4) is 10.4 Å². The maximum atomic E-state index is 13.2. The predicted molar refractivity (Wildman–Crippen MR) is 144 cm³/mol. The van der Waals surface area contributed by atoms with Gasteiger partial charge in [0.2, 0.25) is 0 Å². The summed E-state index contributed by atoms with van der Waals surface area (Å²) in [5, 5.41) is 2.60. The summed E-state index contributed by atoms with van der Waals surface area (Å²) in [5.41, 5.74) is 2.60. The van der Waals surface area contributed by atoms with Crippen LogP contribution in [0.5, 0.6) is 0 Å². The number of Topliss-reactive ketones (excluding diaryl/α,β-unsaturated/α-hetero) is 1. The Bertz CT molecular complexity index is 1540. The van der Waals surface area contributed by atoms with Crippen molar-refractivity contribution in [2.45, 2.75) is 31.5 Å². The number of ketones is 1. The van der Waals surface area contributed by atoms with E-state index in [4.69, 9.17) is 0 Å². The molecular weight excluding hydrogens is 497 g/mol. The molecule has 0 aliphatic carbocycles. The second kappa shape index (κ2) is 10.6. The molecule has 0 spiro atoms. The summed E-state index contributed by atoms with van der Waals surface area (Å²) < 4.78 is 1.62. The molecule has 0 bridgehead atoms. The molecule has 6 nitrogen and oxygen atoms in total. The van der Waals surface area contributed by atoms with Crippen LogP contribution < -0.4 is 5.56 Å². The average molecular weight is 519 g/mol. The van der Waals surface area contributed by atoms with E-state index in [-0.39, 0.29) is 22.6 Å². The average Bonchev–Trinajstić information content (AvgIpc) is 3.52. The second-order valence-corrected chi connectivity index (χ2v) is 11.3. The smallest absolute Gasteiger partial charge is 0.282 e. The van der Waals surface area contributed by atoms with E-state index in [1.54, 1.807) is 27.2 Å². The minimum absolute atomic E-state index is 0.0915. The van der Waals surface area contributed by atoms with E-state index in [1.807, 2.05) is 30.3 Å². The van der Waals surface area contributed by atoms with Crippen LogP contribution in [0.3, 0.4) is 0 Å². The molecule has 1 aromatic carbocycles. The molecule has 176 valence electrons. The molecule has 0 aliphatic heterocycles. The van der Waals surface area contributed by atoms with E-state index in [9.17, 15) is 9.59 Å². The zero-order valence-corrected chi connectivity index (χ0v) is 21.5. The van der Waals surface area contributed by atoms with Crippen LogP contribution in [0.2, 0.25) is 0 Å². The van der Waals surface area contributed by atoms with Crippen molar-refractivity contribution in [1.29, 1.82) is 0 Å². The third-order valence-corrected chi connectivity index (χ3v) is 8.46. The Kier molecular flexibility index (Phi) is 7.17. The number of thioether (sulfide) groups is 1. The molecule has 0 unspecified atom stereocenters. The molecule has 0 saturated heterocycles. The summed E-state index contributed by atoms with van der Waals surface area (Å²) in [7, 11) is 0. The van der Waals surface area contributed by atoms with Gasteiger partial charge in [-0.2, -0.15) is 0 Å². The molecule has 35 heavy (non-hydrogen) atoms. The van der Waals surface area contributed by atoms with Gasteiger partial charge < -0.3 is 0 Å². The highest BCUT2D eigenvalue weighted by molar-refractivity contribution is 7.99. The van der Waals surface area contributed by atoms with Crippen molar-refractivity contribution >= 4 is 51.4 Å². The SMILES string of the molecule is Cc1ccc(-c2csc(CC(=O)CSc3nc4nccnc4c(=O)n3CCc3ccccc3)c2)s1. The lowest BCUT2D eigenvalue weighted by Crippen LogP contribution is -2.25. The van der Waals surface area contributed by atoms with Gasteiger partial charge in [-0.15, -0.1) is 22.7 Å². The van der Waals surface area contributed by atoms with Crippen LogP contribution in [-0.4, -0.2) is 31.1 Å². The van der Waals surface area contributed by atoms with E-state index in [1.165, 1.54) is 33.9 Å². The molecule has 0 radical (unpaired) electrons. The molecule has 9 heteroatoms. The number of aromatic nitrogens is 4. The first-order valence-electron chi connectivity index (χ1n) is 11.1. The molecule has 0 N–H and O–H groups in total. The summed E-state index contributed by atoms with van der Waals surface area (Å²) in [6.45, 7) is 2.54. The lowest BCUT2D eigenvalue weighted by Gasteiger charge is -2.12. The number of thiophene rings is 2. The third kappa shape index (κ3) is 5.58. The summed E-state index contributed by atoms with van der Waals surface area (Å²) in [6, 6.07) is 16.3. The van der Waals surface area contributed by atoms with E-state index in [2.05, 4.69) is 45.5 Å². The number of fused-ring (bicyclic) bond motifs is 1. The van der Waals surface area contributed by atoms with Crippen molar-refractivity contribution < 1.29 is 4.79 Å². The third-order valence-electron chi connectivity index (χ3n) is 5.44. The van der Waals surface area contributed by atoms with Gasteiger partial charge in [-0.1, -0.05) is 42.1 Å². The Morgan fingerprint density at radius 1 is 1.09 bits per heavy atom. The maximum Gasteiger partial charge on any atom is 0.282 e. The number of carbonyl (C=O) groups excluding carboxylic acids is 1. The van der Waals surface area contributed by atoms with Crippen LogP contribution in [0, 0.1) is 6.92 Å². The predicted octanol–water partition coefficient (Wildman–Crippen LogP) is 5.43. The first-order valence-corrected chi connectivity index (χ1v) is 13.8. The normalized spacial score (nSPS) is 11.2. The Hall–Kier alpha value is -3.14. The quantitative estimate of drug-likeness (QED) is 0.191. The molecule has 0 fully saturated rings. The molecule has 0 amide bonds. The Labute approximate surface area is 214 Å². The maximum absolute atomic E-state index is 13.2. The van der Waals surface area contributed by atoms with Crippen LogP contribution in [0.25, 0.3) is 21.6 Å². The van der Waals surface area contributed by atoms with Crippen molar-refractivity contribution in [3.63, 3.8) is 0 Å². The van der Waals surface area contributed by atoms with Gasteiger partial charge in [0, 0.05) is 45.6 Å². The first kappa shape index (κ1) is 23.6. The highest BCUT2D eigenvalue weighted by Gasteiger charge is 2.16. The second-order valence-electron chi connectivity index (χ2n) is 8.03. The fourth-order valence-electron chi connectivity index (χ4n) is 3.70. The van der Waals surface area contributed by atoms with Crippen LogP contribution in [-0.2, 0) is 24.2 Å². The van der Waals surface area contributed by atoms with Gasteiger partial charge in [-0.3, -0.25) is 14.2 Å². The Morgan fingerprint density at radius 3 is 2.71 bits per heavy atom. The molecular formula is C26H22N4O2S3. The minimum atomic E-state index is -0.233. The zero-order valence-electron chi connectivity index (χ0n) is 19.0. The summed E-state index contributed by atoms with van der Waals surface area (Å²) in [5.74, 6) is 0.323. The summed E-state index contributed by atoms with van der Waals surface area (Å²) in [6.07, 6.45) is 4.06. The van der Waals surface area contributed by atoms with Crippen LogP contribution in [0.15, 0.2) is 76.3 Å². The minimum Gasteiger partial charge on any atom is -0.298 e. The summed E-state index contributed by atoms with van der Waals surface area (Å²) in [4.78, 5) is 42.5. The highest BCUT2D eigenvalue weighted by atomic mass is 32.2. The van der Waals surface area contributed by atoms with Crippen LogP contribution >= 0.6 is 34.4 Å². The number of rotatable bonds is 9. The lowest BCUT2D eigenvalue weighted by molar-refractivity contribution is -0.115. The lowest BCUT2D eigenvalue weighted by atomic mass is 10.1. The fourth-order valence-corrected chi connectivity index (χ4v) is 6.42. The standard InChI is InChI=1S/C26H22N4O2S3/c1-17-7-8-22(35-17)19-13-21(33-15-19)14-20(31)16-34-26-29-24-23(27-10-11-28-24)25(32)30(26)12-9-18-5-3-2-4-6-18/h2-8,10-11,13,15H,9,12,14,16H2,1H3. The van der Waals surface area contributed by atoms with Crippen LogP contribution in [0.4, 0.5) is 0 Å². The topological polar surface area (TPSA) is 77.7 Å². The Morgan fingerprint density at radius 2 is 1.91 bits per heavy atom. The van der Waals surface area contributed by atoms with E-state index >= 15 is 0 Å². The largest absolute Gasteiger partial charge is 0.298 e. The van der Waals surface area contributed by atoms with Crippen LogP contribution in [0.1, 0.15) is 15.3 Å². The summed E-state index contributed by atoms with van der Waals surface area (Å²) >= 11 is 4.64. The van der Waals surface area contributed by atoms with Gasteiger partial charge in [0.05, 0.1) is 5.75 Å². The van der Waals surface area contributed by atoms with Crippen molar-refractivity contribution in [2.24, 2.45) is 0 Å². The molecule has 5 aromatic rings. The molecule has 4 aromatic heterocycles. The van der Waals surface area contributed by atoms with Gasteiger partial charge in [0.25, 0.3) is 5.56 Å². The van der Waals surface area contributed by atoms with E-state index in [0.29, 0.717) is 30.2 Å². The number of benzene rings is 1. The highest BCUT2D eigenvalue weighted by Crippen LogP contribution is 2.31. The molecule has 5 rings (SSSR count). The number of hydrogen-bond donors (Lipinski definition) is 0. The van der Waals surface area contributed by atoms with Gasteiger partial charge in [-0.25, -0.2) is 15.0 Å². The van der Waals surface area contributed by atoms with Gasteiger partial charge >= 0.3 is 0 Å². The number of carbonyl (C=O) groups is 1. The van der Waals surface area contributed by atoms with Gasteiger partial charge in [0.15, 0.2) is 16.3 Å². The van der Waals surface area contributed by atoms with Gasteiger partial charge in [-0.05, 0) is 42.5 Å². The zero-order chi connectivity index (χ0) is 24.2.